The number of hydrogen-bond acceptors (Lipinski definition) is 5. The van der Waals surface area contributed by atoms with E-state index in [2.05, 4.69) is 20.6 Å². The lowest BCUT2D eigenvalue weighted by Crippen LogP contribution is -2.41. The maximum atomic E-state index is 13.6. The predicted octanol–water partition coefficient (Wildman–Crippen LogP) is 2.61. The van der Waals surface area contributed by atoms with Gasteiger partial charge in [0.15, 0.2) is 5.65 Å². The summed E-state index contributed by atoms with van der Waals surface area (Å²) >= 11 is 6.24. The quantitative estimate of drug-likeness (QED) is 0.678. The number of aryl methyl sites for hydroxylation is 2. The van der Waals surface area contributed by atoms with E-state index >= 15 is 0 Å². The molecule has 0 radical (unpaired) electrons. The summed E-state index contributed by atoms with van der Waals surface area (Å²) in [6.07, 6.45) is -4.25. The zero-order valence-corrected chi connectivity index (χ0v) is 16.7. The molecule has 0 aliphatic carbocycles. The Labute approximate surface area is 174 Å². The minimum Gasteiger partial charge on any atom is -0.424 e. The summed E-state index contributed by atoms with van der Waals surface area (Å²) in [4.78, 5) is 29.8. The first-order valence-corrected chi connectivity index (χ1v) is 9.26. The second-order valence-electron chi connectivity index (χ2n) is 6.90. The van der Waals surface area contributed by atoms with Crippen LogP contribution in [0.3, 0.4) is 0 Å². The number of nitrogens with two attached hydrogens (primary N) is 1. The van der Waals surface area contributed by atoms with Crippen molar-refractivity contribution in [3.63, 3.8) is 0 Å². The topological polar surface area (TPSA) is 103 Å². The van der Waals surface area contributed by atoms with E-state index in [9.17, 15) is 18.4 Å². The number of carbonyl (C=O) groups is 2. The molecule has 3 heterocycles. The summed E-state index contributed by atoms with van der Waals surface area (Å²) < 4.78 is 33.4. The Morgan fingerprint density at radius 1 is 1.23 bits per heavy atom. The van der Waals surface area contributed by atoms with Gasteiger partial charge in [0.05, 0.1) is 40.8 Å². The fraction of sp³-hybridized carbons (Fsp3) is 0.263. The Balaban J connectivity index is 1.65. The highest BCUT2D eigenvalue weighted by molar-refractivity contribution is 6.31. The van der Waals surface area contributed by atoms with E-state index in [-0.39, 0.29) is 18.7 Å². The molecule has 2 N–H and O–H groups in total. The minimum absolute atomic E-state index is 0.121. The molecule has 0 saturated heterocycles. The number of primary amides is 1. The first-order chi connectivity index (χ1) is 14.1. The number of carbonyl (C=O) groups excluding carboxylic acids is 2. The summed E-state index contributed by atoms with van der Waals surface area (Å²) in [7, 11) is 0. The van der Waals surface area contributed by atoms with Crippen LogP contribution in [-0.2, 0) is 17.9 Å². The van der Waals surface area contributed by atoms with Gasteiger partial charge in [0.1, 0.15) is 5.75 Å². The van der Waals surface area contributed by atoms with Gasteiger partial charge in [-0.05, 0) is 26.0 Å². The van der Waals surface area contributed by atoms with Crippen LogP contribution in [0.25, 0.3) is 5.65 Å². The van der Waals surface area contributed by atoms with Crippen LogP contribution in [0.4, 0.5) is 8.78 Å². The number of fused-ring (bicyclic) bond motifs is 3. The van der Waals surface area contributed by atoms with Gasteiger partial charge in [0.2, 0.25) is 0 Å². The second kappa shape index (κ2) is 6.91. The van der Waals surface area contributed by atoms with Gasteiger partial charge in [-0.3, -0.25) is 9.59 Å². The highest BCUT2D eigenvalue weighted by atomic mass is 35.5. The Bertz CT molecular complexity index is 1210. The summed E-state index contributed by atoms with van der Waals surface area (Å²) in [5.41, 5.74) is 7.90. The third kappa shape index (κ3) is 3.13. The maximum absolute atomic E-state index is 13.6. The molecule has 156 valence electrons. The molecule has 8 nitrogen and oxygen atoms in total. The zero-order chi connectivity index (χ0) is 21.8. The van der Waals surface area contributed by atoms with Crippen LogP contribution in [-0.4, -0.2) is 37.4 Å². The van der Waals surface area contributed by atoms with Crippen LogP contribution >= 0.6 is 11.6 Å². The number of rotatable bonds is 4. The summed E-state index contributed by atoms with van der Waals surface area (Å²) in [5.74, 6) is -2.94. The van der Waals surface area contributed by atoms with Crippen molar-refractivity contribution in [1.82, 2.24) is 19.5 Å². The van der Waals surface area contributed by atoms with E-state index in [0.717, 1.165) is 11.3 Å². The number of amides is 2. The van der Waals surface area contributed by atoms with Gasteiger partial charge < -0.3 is 15.4 Å². The monoisotopic (exact) mass is 435 g/mol. The highest BCUT2D eigenvalue weighted by Gasteiger charge is 2.41. The molecular weight excluding hydrogens is 420 g/mol. The van der Waals surface area contributed by atoms with E-state index in [0.29, 0.717) is 22.1 Å². The lowest BCUT2D eigenvalue weighted by Gasteiger charge is -2.20. The van der Waals surface area contributed by atoms with Crippen molar-refractivity contribution < 1.29 is 23.1 Å². The fourth-order valence-corrected chi connectivity index (χ4v) is 3.47. The Morgan fingerprint density at radius 2 is 1.93 bits per heavy atom. The average molecular weight is 436 g/mol. The van der Waals surface area contributed by atoms with Gasteiger partial charge in [-0.25, -0.2) is 9.50 Å². The van der Waals surface area contributed by atoms with Gasteiger partial charge in [-0.1, -0.05) is 23.7 Å². The molecule has 0 bridgehead atoms. The number of benzene rings is 1. The third-order valence-electron chi connectivity index (χ3n) is 4.89. The van der Waals surface area contributed by atoms with Crippen LogP contribution in [0.15, 0.2) is 24.3 Å². The maximum Gasteiger partial charge on any atom is 0.482 e. The normalized spacial score (nSPS) is 13.6. The lowest BCUT2D eigenvalue weighted by molar-refractivity contribution is -0.189. The van der Waals surface area contributed by atoms with Crippen LogP contribution in [0, 0.1) is 13.8 Å². The average Bonchev–Trinajstić information content (AvgIpc) is 3.25. The summed E-state index contributed by atoms with van der Waals surface area (Å²) in [6, 6.07) is 5.43. The van der Waals surface area contributed by atoms with E-state index < -0.39 is 23.7 Å². The Morgan fingerprint density at radius 3 is 2.63 bits per heavy atom. The molecule has 0 unspecified atom stereocenters. The molecule has 2 amide bonds. The number of nitrogens with zero attached hydrogens (tertiary/aromatic N) is 4. The Kier molecular flexibility index (Phi) is 4.61. The van der Waals surface area contributed by atoms with Crippen molar-refractivity contribution in [2.45, 2.75) is 33.0 Å². The molecule has 0 saturated carbocycles. The van der Waals surface area contributed by atoms with E-state index in [1.807, 2.05) is 6.92 Å². The molecular formula is C19H16ClF2N5O3. The van der Waals surface area contributed by atoms with Crippen LogP contribution in [0.5, 0.6) is 5.75 Å². The zero-order valence-electron chi connectivity index (χ0n) is 15.9. The van der Waals surface area contributed by atoms with Gasteiger partial charge in [0.25, 0.3) is 5.91 Å². The standard InChI is InChI=1S/C19H16ClF2N5O3/c1-9-15(20)10(2)27-16(24-9)12-7-26(8-13(12)25-27)17(28)11-5-3-4-6-14(11)30-19(21,22)18(23)29/h3-6H,7-8H2,1-2H3,(H2,23,29). The van der Waals surface area contributed by atoms with Crippen molar-refractivity contribution in [2.75, 3.05) is 0 Å². The van der Waals surface area contributed by atoms with Crippen LogP contribution in [0.1, 0.15) is 33.0 Å². The molecule has 0 atom stereocenters. The van der Waals surface area contributed by atoms with Crippen molar-refractivity contribution in [1.29, 1.82) is 0 Å². The minimum atomic E-state index is -4.25. The number of para-hydroxylation sites is 1. The molecule has 3 aromatic rings. The number of alkyl halides is 2. The third-order valence-corrected chi connectivity index (χ3v) is 5.43. The van der Waals surface area contributed by atoms with Crippen molar-refractivity contribution in [2.24, 2.45) is 5.73 Å². The molecule has 0 spiro atoms. The molecule has 0 fully saturated rings. The molecule has 1 aliphatic rings. The first kappa shape index (κ1) is 20.0. The smallest absolute Gasteiger partial charge is 0.424 e. The molecule has 2 aromatic heterocycles. The van der Waals surface area contributed by atoms with E-state index in [1.54, 1.807) is 11.4 Å². The Hall–Kier alpha value is -3.27. The van der Waals surface area contributed by atoms with Crippen molar-refractivity contribution >= 4 is 29.1 Å². The van der Waals surface area contributed by atoms with Gasteiger partial charge in [-0.2, -0.15) is 13.9 Å². The summed E-state index contributed by atoms with van der Waals surface area (Å²) in [5, 5.41) is 5.00. The van der Waals surface area contributed by atoms with Gasteiger partial charge in [-0.15, -0.1) is 0 Å². The first-order valence-electron chi connectivity index (χ1n) is 8.88. The van der Waals surface area contributed by atoms with Crippen LogP contribution in [0.2, 0.25) is 5.02 Å². The largest absolute Gasteiger partial charge is 0.482 e. The van der Waals surface area contributed by atoms with E-state index in [4.69, 9.17) is 11.6 Å². The van der Waals surface area contributed by atoms with Gasteiger partial charge >= 0.3 is 12.0 Å². The molecule has 11 heteroatoms. The summed E-state index contributed by atoms with van der Waals surface area (Å²) in [6.45, 7) is 3.95. The highest BCUT2D eigenvalue weighted by Crippen LogP contribution is 2.32. The molecule has 1 aliphatic heterocycles. The number of halogens is 3. The number of ether oxygens (including phenoxy) is 1. The van der Waals surface area contributed by atoms with Crippen molar-refractivity contribution in [3.05, 3.63) is 57.5 Å². The van der Waals surface area contributed by atoms with E-state index in [1.165, 1.54) is 29.2 Å². The van der Waals surface area contributed by atoms with Gasteiger partial charge in [0, 0.05) is 5.56 Å². The van der Waals surface area contributed by atoms with Crippen LogP contribution < -0.4 is 10.5 Å². The molecule has 4 rings (SSSR count). The molecule has 30 heavy (non-hydrogen) atoms. The second-order valence-corrected chi connectivity index (χ2v) is 7.28. The SMILES string of the molecule is Cc1nc2c3c(nn2c(C)c1Cl)CN(C(=O)c1ccccc1OC(F)(F)C(N)=O)C3. The number of hydrogen-bond donors (Lipinski definition) is 1. The molecule has 1 aromatic carbocycles. The van der Waals surface area contributed by atoms with Crippen molar-refractivity contribution in [3.8, 4) is 5.75 Å². The lowest BCUT2D eigenvalue weighted by atomic mass is 10.1. The predicted molar refractivity (Wildman–Crippen MR) is 102 cm³/mol. The fourth-order valence-electron chi connectivity index (χ4n) is 3.35. The number of aromatic nitrogens is 3.